The van der Waals surface area contributed by atoms with Crippen LogP contribution in [0.3, 0.4) is 0 Å². The van der Waals surface area contributed by atoms with Crippen LogP contribution in [0.4, 0.5) is 16.6 Å². The van der Waals surface area contributed by atoms with E-state index in [4.69, 9.17) is 19.4 Å². The molecular weight excluding hydrogens is 628 g/mol. The molecule has 0 saturated carbocycles. The van der Waals surface area contributed by atoms with Gasteiger partial charge in [-0.1, -0.05) is 60.7 Å². The number of carbonyl (C=O) groups is 2. The van der Waals surface area contributed by atoms with Crippen molar-refractivity contribution in [1.29, 1.82) is 0 Å². The number of hydrogen-bond donors (Lipinski definition) is 5. The first kappa shape index (κ1) is 34.1. The average Bonchev–Trinajstić information content (AvgIpc) is 3.79. The number of likely N-dealkylation sites (N-methyl/N-ethyl adjacent to an activating group) is 1. The van der Waals surface area contributed by atoms with E-state index in [1.807, 2.05) is 62.1 Å². The van der Waals surface area contributed by atoms with Gasteiger partial charge < -0.3 is 40.5 Å². The zero-order valence-corrected chi connectivity index (χ0v) is 28.1. The zero-order valence-electron chi connectivity index (χ0n) is 28.1. The third kappa shape index (κ3) is 7.61. The van der Waals surface area contributed by atoms with Crippen molar-refractivity contribution in [2.24, 2.45) is 0 Å². The van der Waals surface area contributed by atoms with E-state index >= 15 is 0 Å². The second kappa shape index (κ2) is 14.4. The fraction of sp³-hybridized carbons (Fsp3) is 0.457. The normalized spacial score (nSPS) is 22.4. The lowest BCUT2D eigenvalue weighted by Gasteiger charge is -2.23. The smallest absolute Gasteiger partial charge is 0.407 e. The van der Waals surface area contributed by atoms with Crippen LogP contribution in [-0.4, -0.2) is 97.9 Å². The molecule has 0 radical (unpaired) electrons. The van der Waals surface area contributed by atoms with Crippen molar-refractivity contribution in [1.82, 2.24) is 30.2 Å². The second-order valence-electron chi connectivity index (χ2n) is 13.4. The SMILES string of the molecule is CCNC(=O)[C@H]1OC(n2cnc3c(NCC(c4ccccc4)c4ccccc4)nc(N4CC[C@@H](NC(=O)OC(C)(C)C)C4)nc32)[C@H](O)[C@@H]1O. The lowest BCUT2D eigenvalue weighted by atomic mass is 9.91. The van der Waals surface area contributed by atoms with Crippen LogP contribution in [0, 0.1) is 0 Å². The lowest BCUT2D eigenvalue weighted by molar-refractivity contribution is -0.137. The number of alkyl carbamates (subject to hydrolysis) is 1. The summed E-state index contributed by atoms with van der Waals surface area (Å²) in [6, 6.07) is 20.2. The molecule has 0 spiro atoms. The average molecular weight is 673 g/mol. The quantitative estimate of drug-likeness (QED) is 0.168. The maximum Gasteiger partial charge on any atom is 0.407 e. The summed E-state index contributed by atoms with van der Waals surface area (Å²) >= 11 is 0. The number of rotatable bonds is 10. The molecule has 0 aliphatic carbocycles. The van der Waals surface area contributed by atoms with Gasteiger partial charge in [-0.15, -0.1) is 0 Å². The Hall–Kier alpha value is -4.79. The molecule has 4 aromatic rings. The number of nitrogens with zero attached hydrogens (tertiary/aromatic N) is 5. The van der Waals surface area contributed by atoms with Crippen LogP contribution in [0.1, 0.15) is 57.4 Å². The molecule has 14 nitrogen and oxygen atoms in total. The minimum Gasteiger partial charge on any atom is -0.444 e. The van der Waals surface area contributed by atoms with E-state index in [1.54, 1.807) is 6.92 Å². The van der Waals surface area contributed by atoms with Crippen molar-refractivity contribution in [2.45, 2.75) is 76.2 Å². The Bertz CT molecular complexity index is 1710. The van der Waals surface area contributed by atoms with Gasteiger partial charge in [-0.3, -0.25) is 9.36 Å². The number of aromatic nitrogens is 4. The van der Waals surface area contributed by atoms with E-state index in [1.165, 1.54) is 10.9 Å². The maximum absolute atomic E-state index is 12.6. The third-order valence-electron chi connectivity index (χ3n) is 8.60. The number of aliphatic hydroxyl groups is 2. The van der Waals surface area contributed by atoms with Crippen molar-refractivity contribution in [3.05, 3.63) is 78.1 Å². The number of anilines is 2. The van der Waals surface area contributed by atoms with Crippen LogP contribution in [0.15, 0.2) is 67.0 Å². The highest BCUT2D eigenvalue weighted by Crippen LogP contribution is 2.34. The summed E-state index contributed by atoms with van der Waals surface area (Å²) < 4.78 is 12.9. The van der Waals surface area contributed by atoms with Gasteiger partial charge >= 0.3 is 6.09 Å². The highest BCUT2D eigenvalue weighted by molar-refractivity contribution is 5.85. The Morgan fingerprint density at radius 1 is 1.02 bits per heavy atom. The van der Waals surface area contributed by atoms with E-state index in [0.717, 1.165) is 11.1 Å². The topological polar surface area (TPSA) is 176 Å². The van der Waals surface area contributed by atoms with Gasteiger partial charge in [0.1, 0.15) is 17.8 Å². The van der Waals surface area contributed by atoms with E-state index in [2.05, 4.69) is 45.2 Å². The molecule has 14 heteroatoms. The van der Waals surface area contributed by atoms with E-state index in [9.17, 15) is 19.8 Å². The fourth-order valence-electron chi connectivity index (χ4n) is 6.27. The highest BCUT2D eigenvalue weighted by Gasteiger charge is 2.47. The first-order chi connectivity index (χ1) is 23.5. The third-order valence-corrected chi connectivity index (χ3v) is 8.60. The molecule has 260 valence electrons. The van der Waals surface area contributed by atoms with Crippen molar-refractivity contribution in [3.63, 3.8) is 0 Å². The summed E-state index contributed by atoms with van der Waals surface area (Å²) in [5.74, 6) is 0.314. The Morgan fingerprint density at radius 2 is 1.69 bits per heavy atom. The Morgan fingerprint density at radius 3 is 2.33 bits per heavy atom. The number of fused-ring (bicyclic) bond motifs is 1. The number of imidazole rings is 1. The molecule has 5 N–H and O–H groups in total. The van der Waals surface area contributed by atoms with Gasteiger partial charge in [-0.05, 0) is 45.2 Å². The predicted molar refractivity (Wildman–Crippen MR) is 183 cm³/mol. The van der Waals surface area contributed by atoms with Gasteiger partial charge in [0.15, 0.2) is 29.3 Å². The number of nitrogens with one attached hydrogen (secondary N) is 3. The van der Waals surface area contributed by atoms with Gasteiger partial charge in [-0.25, -0.2) is 9.78 Å². The van der Waals surface area contributed by atoms with E-state index < -0.39 is 42.1 Å². The molecule has 2 fully saturated rings. The summed E-state index contributed by atoms with van der Waals surface area (Å²) in [6.07, 6.45) is -3.65. The van der Waals surface area contributed by atoms with Gasteiger partial charge in [0.2, 0.25) is 5.95 Å². The Kier molecular flexibility index (Phi) is 9.99. The molecule has 2 aliphatic rings. The summed E-state index contributed by atoms with van der Waals surface area (Å²) in [6.45, 7) is 9.04. The second-order valence-corrected chi connectivity index (χ2v) is 13.4. The largest absolute Gasteiger partial charge is 0.444 e. The number of carbonyl (C=O) groups excluding carboxylic acids is 2. The van der Waals surface area contributed by atoms with E-state index in [0.29, 0.717) is 55.5 Å². The van der Waals surface area contributed by atoms with Crippen molar-refractivity contribution >= 4 is 34.9 Å². The van der Waals surface area contributed by atoms with Crippen LogP contribution in [0.25, 0.3) is 11.2 Å². The van der Waals surface area contributed by atoms with Gasteiger partial charge in [0.25, 0.3) is 5.91 Å². The molecule has 6 rings (SSSR count). The van der Waals surface area contributed by atoms with Gasteiger partial charge in [0.05, 0.1) is 12.4 Å². The first-order valence-corrected chi connectivity index (χ1v) is 16.6. The molecular formula is C35H44N8O6. The summed E-state index contributed by atoms with van der Waals surface area (Å²) in [5.41, 5.74) is 2.41. The molecule has 2 saturated heterocycles. The molecule has 4 heterocycles. The van der Waals surface area contributed by atoms with Crippen LogP contribution in [-0.2, 0) is 14.3 Å². The zero-order chi connectivity index (χ0) is 34.7. The Labute approximate surface area is 284 Å². The van der Waals surface area contributed by atoms with Crippen molar-refractivity contribution in [2.75, 3.05) is 36.4 Å². The molecule has 2 amide bonds. The molecule has 1 unspecified atom stereocenters. The minimum absolute atomic E-state index is 0.0138. The maximum atomic E-state index is 12.6. The summed E-state index contributed by atoms with van der Waals surface area (Å²) in [5, 5.41) is 30.9. The molecule has 2 aliphatic heterocycles. The Balaban J connectivity index is 1.33. The number of amides is 2. The highest BCUT2D eigenvalue weighted by atomic mass is 16.6. The monoisotopic (exact) mass is 672 g/mol. The van der Waals surface area contributed by atoms with Crippen molar-refractivity contribution < 1.29 is 29.3 Å². The summed E-state index contributed by atoms with van der Waals surface area (Å²) in [7, 11) is 0. The number of ether oxygens (including phenoxy) is 2. The standard InChI is InChI=1S/C35H44N8O6/c1-5-36-31(46)28-26(44)27(45)32(48-28)43-20-38-25-29(37-18-24(21-12-8-6-9-13-21)22-14-10-7-11-15-22)40-33(41-30(25)43)42-17-16-23(19-42)39-34(47)49-35(2,3)4/h6-15,20,23-24,26-28,32,44-45H,5,16-19H2,1-4H3,(H,36,46)(H,39,47)(H,37,40,41)/t23-,26+,27-,28+,32?/m1/s1. The molecule has 0 bridgehead atoms. The lowest BCUT2D eigenvalue weighted by Crippen LogP contribution is -2.42. The van der Waals surface area contributed by atoms with Crippen LogP contribution >= 0.6 is 0 Å². The predicted octanol–water partition coefficient (Wildman–Crippen LogP) is 2.93. The summed E-state index contributed by atoms with van der Waals surface area (Å²) in [4.78, 5) is 41.5. The van der Waals surface area contributed by atoms with Gasteiger partial charge in [0, 0.05) is 32.1 Å². The molecule has 49 heavy (non-hydrogen) atoms. The van der Waals surface area contributed by atoms with Crippen molar-refractivity contribution in [3.8, 4) is 0 Å². The van der Waals surface area contributed by atoms with Crippen LogP contribution in [0.2, 0.25) is 0 Å². The molecule has 5 atom stereocenters. The van der Waals surface area contributed by atoms with Crippen LogP contribution < -0.4 is 20.9 Å². The fourth-order valence-corrected chi connectivity index (χ4v) is 6.27. The minimum atomic E-state index is -1.45. The number of benzene rings is 2. The first-order valence-electron chi connectivity index (χ1n) is 16.6. The van der Waals surface area contributed by atoms with Gasteiger partial charge in [-0.2, -0.15) is 9.97 Å². The molecule has 2 aromatic carbocycles. The number of aliphatic hydroxyl groups excluding tert-OH is 2. The van der Waals surface area contributed by atoms with Crippen LogP contribution in [0.5, 0.6) is 0 Å². The number of hydrogen-bond acceptors (Lipinski definition) is 11. The van der Waals surface area contributed by atoms with E-state index in [-0.39, 0.29) is 12.0 Å². The molecule has 2 aromatic heterocycles.